The molecule has 1 aromatic heterocycles. The van der Waals surface area contributed by atoms with Crippen LogP contribution in [-0.4, -0.2) is 18.1 Å². The highest BCUT2D eigenvalue weighted by atomic mass is 16.5. The van der Waals surface area contributed by atoms with Gasteiger partial charge in [0.05, 0.1) is 13.2 Å². The fraction of sp³-hybridized carbons (Fsp3) is 0.368. The van der Waals surface area contributed by atoms with E-state index < -0.39 is 0 Å². The number of aryl methyl sites for hydroxylation is 1. The summed E-state index contributed by atoms with van der Waals surface area (Å²) in [4.78, 5) is 16.5. The summed E-state index contributed by atoms with van der Waals surface area (Å²) in [7, 11) is 1.62. The smallest absolute Gasteiger partial charge is 0.319 e. The maximum Gasteiger partial charge on any atom is 0.319 e. The Balaban J connectivity index is 2.07. The van der Waals surface area contributed by atoms with Gasteiger partial charge in [-0.05, 0) is 42.5 Å². The number of ether oxygens (including phenoxy) is 1. The summed E-state index contributed by atoms with van der Waals surface area (Å²) in [5, 5.41) is 5.90. The average Bonchev–Trinajstić information content (AvgIpc) is 2.56. The van der Waals surface area contributed by atoms with Crippen LogP contribution in [0.3, 0.4) is 0 Å². The monoisotopic (exact) mass is 327 g/mol. The van der Waals surface area contributed by atoms with E-state index >= 15 is 0 Å². The highest BCUT2D eigenvalue weighted by Crippen LogP contribution is 2.23. The topological polar surface area (TPSA) is 63.2 Å². The van der Waals surface area contributed by atoms with Crippen LogP contribution in [0.1, 0.15) is 37.4 Å². The van der Waals surface area contributed by atoms with E-state index in [1.54, 1.807) is 19.5 Å². The standard InChI is InChI=1S/C19H25N3O2/c1-13(2)10-17(15-6-5-9-20-12-15)22-19(23)21-16-8-7-14(3)18(11-16)24-4/h5-9,11-13,17H,10H2,1-4H3,(H2,21,22,23). The molecule has 5 heteroatoms. The molecule has 0 aliphatic heterocycles. The van der Waals surface area contributed by atoms with Crippen molar-refractivity contribution in [2.45, 2.75) is 33.2 Å². The van der Waals surface area contributed by atoms with E-state index in [1.807, 2.05) is 37.3 Å². The molecule has 128 valence electrons. The minimum absolute atomic E-state index is 0.0777. The highest BCUT2D eigenvalue weighted by molar-refractivity contribution is 5.89. The first kappa shape index (κ1) is 17.8. The molecule has 0 aliphatic carbocycles. The molecule has 1 heterocycles. The van der Waals surface area contributed by atoms with Gasteiger partial charge in [-0.15, -0.1) is 0 Å². The summed E-state index contributed by atoms with van der Waals surface area (Å²) in [6.45, 7) is 6.23. The number of nitrogens with one attached hydrogen (secondary N) is 2. The molecule has 1 unspecified atom stereocenters. The first-order valence-corrected chi connectivity index (χ1v) is 8.11. The van der Waals surface area contributed by atoms with E-state index in [-0.39, 0.29) is 12.1 Å². The van der Waals surface area contributed by atoms with Crippen LogP contribution >= 0.6 is 0 Å². The number of amides is 2. The molecule has 1 aromatic carbocycles. The Kier molecular flexibility index (Phi) is 6.18. The summed E-state index contributed by atoms with van der Waals surface area (Å²) in [5.74, 6) is 1.20. The molecule has 1 atom stereocenters. The average molecular weight is 327 g/mol. The summed E-state index contributed by atoms with van der Waals surface area (Å²) >= 11 is 0. The molecule has 2 rings (SSSR count). The van der Waals surface area contributed by atoms with Gasteiger partial charge < -0.3 is 15.4 Å². The first-order valence-electron chi connectivity index (χ1n) is 8.11. The van der Waals surface area contributed by atoms with Crippen LogP contribution in [0.5, 0.6) is 5.75 Å². The Hall–Kier alpha value is -2.56. The fourth-order valence-corrected chi connectivity index (χ4v) is 2.56. The van der Waals surface area contributed by atoms with Crippen molar-refractivity contribution < 1.29 is 9.53 Å². The van der Waals surface area contributed by atoms with Crippen molar-refractivity contribution in [1.29, 1.82) is 0 Å². The molecule has 0 radical (unpaired) electrons. The van der Waals surface area contributed by atoms with Crippen LogP contribution in [0, 0.1) is 12.8 Å². The van der Waals surface area contributed by atoms with Crippen molar-refractivity contribution in [3.8, 4) is 5.75 Å². The Morgan fingerprint density at radius 1 is 1.29 bits per heavy atom. The third kappa shape index (κ3) is 4.98. The van der Waals surface area contributed by atoms with E-state index in [0.29, 0.717) is 11.6 Å². The molecule has 0 spiro atoms. The zero-order valence-electron chi connectivity index (χ0n) is 14.7. The van der Waals surface area contributed by atoms with Crippen molar-refractivity contribution in [2.24, 2.45) is 5.92 Å². The van der Waals surface area contributed by atoms with Gasteiger partial charge in [-0.2, -0.15) is 0 Å². The number of hydrogen-bond donors (Lipinski definition) is 2. The molecular formula is C19H25N3O2. The van der Waals surface area contributed by atoms with Crippen molar-refractivity contribution >= 4 is 11.7 Å². The quantitative estimate of drug-likeness (QED) is 0.831. The maximum absolute atomic E-state index is 12.4. The first-order chi connectivity index (χ1) is 11.5. The predicted octanol–water partition coefficient (Wildman–Crippen LogP) is 4.31. The van der Waals surface area contributed by atoms with E-state index in [4.69, 9.17) is 4.74 Å². The zero-order chi connectivity index (χ0) is 17.5. The molecule has 0 saturated heterocycles. The lowest BCUT2D eigenvalue weighted by atomic mass is 9.98. The molecule has 0 aliphatic rings. The van der Waals surface area contributed by atoms with Gasteiger partial charge in [0.2, 0.25) is 0 Å². The third-order valence-corrected chi connectivity index (χ3v) is 3.77. The van der Waals surface area contributed by atoms with Crippen LogP contribution in [0.4, 0.5) is 10.5 Å². The number of aromatic nitrogens is 1. The van der Waals surface area contributed by atoms with Gasteiger partial charge in [0, 0.05) is 24.1 Å². The minimum atomic E-state index is -0.240. The molecular weight excluding hydrogens is 302 g/mol. The van der Waals surface area contributed by atoms with Crippen molar-refractivity contribution in [3.63, 3.8) is 0 Å². The second kappa shape index (κ2) is 8.34. The fourth-order valence-electron chi connectivity index (χ4n) is 2.56. The molecule has 0 fully saturated rings. The van der Waals surface area contributed by atoms with Crippen LogP contribution in [0.15, 0.2) is 42.7 Å². The van der Waals surface area contributed by atoms with E-state index in [1.165, 1.54) is 0 Å². The number of rotatable bonds is 6. The Labute approximate surface area is 143 Å². The number of anilines is 1. The molecule has 2 aromatic rings. The van der Waals surface area contributed by atoms with Crippen molar-refractivity contribution in [1.82, 2.24) is 10.3 Å². The van der Waals surface area contributed by atoms with Gasteiger partial charge in [0.25, 0.3) is 0 Å². The summed E-state index contributed by atoms with van der Waals surface area (Å²) in [5.41, 5.74) is 2.73. The van der Waals surface area contributed by atoms with E-state index in [0.717, 1.165) is 23.3 Å². The second-order valence-corrected chi connectivity index (χ2v) is 6.25. The summed E-state index contributed by atoms with van der Waals surface area (Å²) in [6.07, 6.45) is 4.37. The third-order valence-electron chi connectivity index (χ3n) is 3.77. The molecule has 0 bridgehead atoms. The Morgan fingerprint density at radius 2 is 2.08 bits per heavy atom. The highest BCUT2D eigenvalue weighted by Gasteiger charge is 2.16. The molecule has 2 amide bonds. The molecule has 2 N–H and O–H groups in total. The number of urea groups is 1. The van der Waals surface area contributed by atoms with E-state index in [2.05, 4.69) is 29.5 Å². The van der Waals surface area contributed by atoms with Crippen LogP contribution in [0.2, 0.25) is 0 Å². The number of methoxy groups -OCH3 is 1. The van der Waals surface area contributed by atoms with Gasteiger partial charge in [-0.25, -0.2) is 4.79 Å². The summed E-state index contributed by atoms with van der Waals surface area (Å²) < 4.78 is 5.29. The van der Waals surface area contributed by atoms with Gasteiger partial charge in [0.1, 0.15) is 5.75 Å². The molecule has 5 nitrogen and oxygen atoms in total. The van der Waals surface area contributed by atoms with Gasteiger partial charge >= 0.3 is 6.03 Å². The number of nitrogens with zero attached hydrogens (tertiary/aromatic N) is 1. The maximum atomic E-state index is 12.4. The van der Waals surface area contributed by atoms with E-state index in [9.17, 15) is 4.79 Å². The lowest BCUT2D eigenvalue weighted by Gasteiger charge is -2.21. The van der Waals surface area contributed by atoms with Crippen molar-refractivity contribution in [2.75, 3.05) is 12.4 Å². The van der Waals surface area contributed by atoms with Crippen LogP contribution < -0.4 is 15.4 Å². The zero-order valence-corrected chi connectivity index (χ0v) is 14.7. The number of carbonyl (C=O) groups is 1. The van der Waals surface area contributed by atoms with Crippen molar-refractivity contribution in [3.05, 3.63) is 53.9 Å². The Morgan fingerprint density at radius 3 is 2.71 bits per heavy atom. The largest absolute Gasteiger partial charge is 0.496 e. The second-order valence-electron chi connectivity index (χ2n) is 6.25. The van der Waals surface area contributed by atoms with Gasteiger partial charge in [-0.1, -0.05) is 26.0 Å². The number of pyridine rings is 1. The Bertz CT molecular complexity index is 672. The predicted molar refractivity (Wildman–Crippen MR) is 96.3 cm³/mol. The van der Waals surface area contributed by atoms with Gasteiger partial charge in [0.15, 0.2) is 0 Å². The van der Waals surface area contributed by atoms with Crippen LogP contribution in [0.25, 0.3) is 0 Å². The number of hydrogen-bond acceptors (Lipinski definition) is 3. The van der Waals surface area contributed by atoms with Crippen LogP contribution in [-0.2, 0) is 0 Å². The lowest BCUT2D eigenvalue weighted by Crippen LogP contribution is -2.33. The van der Waals surface area contributed by atoms with Gasteiger partial charge in [-0.3, -0.25) is 4.98 Å². The molecule has 24 heavy (non-hydrogen) atoms. The molecule has 0 saturated carbocycles. The normalized spacial score (nSPS) is 11.9. The lowest BCUT2D eigenvalue weighted by molar-refractivity contribution is 0.246. The SMILES string of the molecule is COc1cc(NC(=O)NC(CC(C)C)c2cccnc2)ccc1C. The number of carbonyl (C=O) groups excluding carboxylic acids is 1. The summed E-state index contributed by atoms with van der Waals surface area (Å²) in [6, 6.07) is 9.14. The minimum Gasteiger partial charge on any atom is -0.496 e. The number of benzene rings is 1.